The fourth-order valence-corrected chi connectivity index (χ4v) is 9.20. The van der Waals surface area contributed by atoms with Crippen molar-refractivity contribution in [3.8, 4) is 0 Å². The first-order valence-corrected chi connectivity index (χ1v) is 31.1. The van der Waals surface area contributed by atoms with Crippen molar-refractivity contribution >= 4 is 17.9 Å². The van der Waals surface area contributed by atoms with E-state index >= 15 is 0 Å². The maximum atomic E-state index is 12.8. The Hall–Kier alpha value is -2.63. The van der Waals surface area contributed by atoms with Gasteiger partial charge in [-0.05, 0) is 57.8 Å². The van der Waals surface area contributed by atoms with Crippen molar-refractivity contribution in [2.24, 2.45) is 0 Å². The van der Waals surface area contributed by atoms with Crippen molar-refractivity contribution in [2.75, 3.05) is 13.2 Å². The van der Waals surface area contributed by atoms with Gasteiger partial charge < -0.3 is 14.2 Å². The number of ether oxygens (including phenoxy) is 3. The molecule has 6 heteroatoms. The standard InChI is InChI=1S/C65H118O6/c1-4-7-10-13-15-17-19-21-23-25-26-27-28-29-30-31-32-33-34-35-36-37-38-40-41-43-45-47-49-52-55-58-64(67)70-61-62(60-69-63(66)57-54-51-12-9-6-3)71-65(68)59-56-53-50-48-46-44-42-39-24-22-20-18-16-14-11-8-5-2/h8,11,16,18,22,24,42,44,62H,4-7,9-10,12-15,17,19-21,23,25-41,43,45-61H2,1-3H3/b11-8-,18-16-,24-22-,44-42-. The van der Waals surface area contributed by atoms with Gasteiger partial charge in [0.2, 0.25) is 0 Å². The zero-order valence-electron chi connectivity index (χ0n) is 47.5. The van der Waals surface area contributed by atoms with Gasteiger partial charge in [-0.15, -0.1) is 0 Å². The van der Waals surface area contributed by atoms with E-state index in [9.17, 15) is 14.4 Å². The molecule has 0 bridgehead atoms. The molecule has 0 aliphatic carbocycles. The van der Waals surface area contributed by atoms with Crippen molar-refractivity contribution in [3.05, 3.63) is 48.6 Å². The average molecular weight is 996 g/mol. The van der Waals surface area contributed by atoms with E-state index in [1.165, 1.54) is 186 Å². The molecule has 6 nitrogen and oxygen atoms in total. The third-order valence-electron chi connectivity index (χ3n) is 13.8. The summed E-state index contributed by atoms with van der Waals surface area (Å²) in [5.74, 6) is -0.905. The predicted molar refractivity (Wildman–Crippen MR) is 307 cm³/mol. The Morgan fingerprint density at radius 3 is 0.859 bits per heavy atom. The number of unbranched alkanes of at least 4 members (excludes halogenated alkanes) is 38. The number of hydrogen-bond acceptors (Lipinski definition) is 6. The Labute approximate surface area is 441 Å². The maximum Gasteiger partial charge on any atom is 0.306 e. The van der Waals surface area contributed by atoms with E-state index in [1.54, 1.807) is 0 Å². The van der Waals surface area contributed by atoms with Crippen LogP contribution in [0.1, 0.15) is 329 Å². The lowest BCUT2D eigenvalue weighted by molar-refractivity contribution is -0.167. The van der Waals surface area contributed by atoms with E-state index < -0.39 is 6.10 Å². The minimum absolute atomic E-state index is 0.0805. The lowest BCUT2D eigenvalue weighted by Gasteiger charge is -2.18. The van der Waals surface area contributed by atoms with Crippen LogP contribution in [0, 0.1) is 0 Å². The molecule has 71 heavy (non-hydrogen) atoms. The summed E-state index contributed by atoms with van der Waals surface area (Å²) >= 11 is 0. The Balaban J connectivity index is 3.94. The van der Waals surface area contributed by atoms with E-state index in [4.69, 9.17) is 14.2 Å². The van der Waals surface area contributed by atoms with E-state index in [-0.39, 0.29) is 31.1 Å². The van der Waals surface area contributed by atoms with Crippen molar-refractivity contribution in [2.45, 2.75) is 335 Å². The SMILES string of the molecule is CC/C=C\C/C=C\C/C=C\C/C=C\CCCCCCC(=O)OC(COC(=O)CCCCCCC)COC(=O)CCCCCCCCCCCCCCCCCCCCCCCCCCCCCCCCC. The van der Waals surface area contributed by atoms with Gasteiger partial charge >= 0.3 is 17.9 Å². The summed E-state index contributed by atoms with van der Waals surface area (Å²) in [4.78, 5) is 37.8. The molecule has 0 aromatic rings. The smallest absolute Gasteiger partial charge is 0.306 e. The number of carbonyl (C=O) groups is 3. The molecular formula is C65H118O6. The van der Waals surface area contributed by atoms with Crippen LogP contribution >= 0.6 is 0 Å². The molecule has 0 aromatic heterocycles. The summed E-state index contributed by atoms with van der Waals surface area (Å²) < 4.78 is 16.7. The third-order valence-corrected chi connectivity index (χ3v) is 13.8. The number of allylic oxidation sites excluding steroid dienone is 8. The van der Waals surface area contributed by atoms with Crippen LogP contribution in [0.4, 0.5) is 0 Å². The summed E-state index contributed by atoms with van der Waals surface area (Å²) in [5, 5.41) is 0. The van der Waals surface area contributed by atoms with Gasteiger partial charge in [0.15, 0.2) is 6.10 Å². The number of carbonyl (C=O) groups excluding carboxylic acids is 3. The quantitative estimate of drug-likeness (QED) is 0.0261. The first-order chi connectivity index (χ1) is 35.0. The minimum atomic E-state index is -0.781. The van der Waals surface area contributed by atoms with Crippen LogP contribution in [0.3, 0.4) is 0 Å². The Bertz CT molecular complexity index is 1230. The lowest BCUT2D eigenvalue weighted by Crippen LogP contribution is -2.30. The average Bonchev–Trinajstić information content (AvgIpc) is 3.37. The van der Waals surface area contributed by atoms with Crippen molar-refractivity contribution in [1.29, 1.82) is 0 Å². The Kier molecular flexibility index (Phi) is 57.7. The second-order valence-corrected chi connectivity index (χ2v) is 21.0. The highest BCUT2D eigenvalue weighted by atomic mass is 16.6. The third kappa shape index (κ3) is 58.1. The first kappa shape index (κ1) is 68.4. The molecule has 0 amide bonds. The van der Waals surface area contributed by atoms with Gasteiger partial charge in [-0.3, -0.25) is 14.4 Å². The number of rotatable bonds is 57. The van der Waals surface area contributed by atoms with Gasteiger partial charge in [-0.2, -0.15) is 0 Å². The van der Waals surface area contributed by atoms with Crippen LogP contribution in [0.2, 0.25) is 0 Å². The molecule has 0 spiro atoms. The molecule has 414 valence electrons. The molecule has 0 fully saturated rings. The molecular weight excluding hydrogens is 877 g/mol. The van der Waals surface area contributed by atoms with Crippen molar-refractivity contribution in [1.82, 2.24) is 0 Å². The fraction of sp³-hybridized carbons (Fsp3) is 0.831. The van der Waals surface area contributed by atoms with Crippen LogP contribution in [-0.4, -0.2) is 37.2 Å². The van der Waals surface area contributed by atoms with Gasteiger partial charge in [0.25, 0.3) is 0 Å². The highest BCUT2D eigenvalue weighted by molar-refractivity contribution is 5.71. The minimum Gasteiger partial charge on any atom is -0.462 e. The summed E-state index contributed by atoms with van der Waals surface area (Å²) in [5.41, 5.74) is 0. The number of esters is 3. The van der Waals surface area contributed by atoms with E-state index in [2.05, 4.69) is 69.4 Å². The largest absolute Gasteiger partial charge is 0.462 e. The summed E-state index contributed by atoms with van der Waals surface area (Å²) in [6.45, 7) is 6.46. The fourth-order valence-electron chi connectivity index (χ4n) is 9.20. The molecule has 0 aliphatic heterocycles. The molecule has 0 radical (unpaired) electrons. The molecule has 0 N–H and O–H groups in total. The van der Waals surface area contributed by atoms with Crippen LogP contribution in [-0.2, 0) is 28.6 Å². The monoisotopic (exact) mass is 995 g/mol. The maximum absolute atomic E-state index is 12.8. The molecule has 0 saturated heterocycles. The molecule has 0 heterocycles. The van der Waals surface area contributed by atoms with Gasteiger partial charge in [0.05, 0.1) is 0 Å². The lowest BCUT2D eigenvalue weighted by atomic mass is 10.0. The van der Waals surface area contributed by atoms with Gasteiger partial charge in [-0.1, -0.05) is 301 Å². The Morgan fingerprint density at radius 2 is 0.549 bits per heavy atom. The molecule has 0 aromatic carbocycles. The second kappa shape index (κ2) is 59.9. The summed E-state index contributed by atoms with van der Waals surface area (Å²) in [6.07, 6.45) is 74.8. The number of hydrogen-bond donors (Lipinski definition) is 0. The van der Waals surface area contributed by atoms with Crippen molar-refractivity contribution < 1.29 is 28.6 Å². The first-order valence-electron chi connectivity index (χ1n) is 31.1. The summed E-state index contributed by atoms with van der Waals surface area (Å²) in [7, 11) is 0. The molecule has 0 aliphatic rings. The predicted octanol–water partition coefficient (Wildman–Crippen LogP) is 21.0. The zero-order valence-corrected chi connectivity index (χ0v) is 47.5. The van der Waals surface area contributed by atoms with Gasteiger partial charge in [-0.25, -0.2) is 0 Å². The van der Waals surface area contributed by atoms with Crippen LogP contribution < -0.4 is 0 Å². The van der Waals surface area contributed by atoms with Crippen LogP contribution in [0.5, 0.6) is 0 Å². The van der Waals surface area contributed by atoms with E-state index in [1.807, 2.05) is 0 Å². The molecule has 1 atom stereocenters. The second-order valence-electron chi connectivity index (χ2n) is 21.0. The molecule has 0 rings (SSSR count). The van der Waals surface area contributed by atoms with Gasteiger partial charge in [0.1, 0.15) is 13.2 Å². The highest BCUT2D eigenvalue weighted by Crippen LogP contribution is 2.18. The Morgan fingerprint density at radius 1 is 0.296 bits per heavy atom. The zero-order chi connectivity index (χ0) is 51.4. The van der Waals surface area contributed by atoms with E-state index in [0.29, 0.717) is 19.3 Å². The molecule has 0 saturated carbocycles. The summed E-state index contributed by atoms with van der Waals surface area (Å²) in [6, 6.07) is 0. The molecule has 1 unspecified atom stereocenters. The van der Waals surface area contributed by atoms with Crippen LogP contribution in [0.15, 0.2) is 48.6 Å². The van der Waals surface area contributed by atoms with Crippen LogP contribution in [0.25, 0.3) is 0 Å². The topological polar surface area (TPSA) is 78.9 Å². The normalized spacial score (nSPS) is 12.3. The van der Waals surface area contributed by atoms with Crippen molar-refractivity contribution in [3.63, 3.8) is 0 Å². The highest BCUT2D eigenvalue weighted by Gasteiger charge is 2.19. The van der Waals surface area contributed by atoms with E-state index in [0.717, 1.165) is 103 Å². The van der Waals surface area contributed by atoms with Gasteiger partial charge in [0, 0.05) is 19.3 Å².